The Morgan fingerprint density at radius 2 is 1.52 bits per heavy atom. The summed E-state index contributed by atoms with van der Waals surface area (Å²) in [7, 11) is 0. The molecule has 0 spiro atoms. The van der Waals surface area contributed by atoms with Crippen molar-refractivity contribution in [2.75, 3.05) is 0 Å². The lowest BCUT2D eigenvalue weighted by Crippen LogP contribution is -2.30. The van der Waals surface area contributed by atoms with Crippen molar-refractivity contribution in [2.45, 2.75) is 19.0 Å². The van der Waals surface area contributed by atoms with Gasteiger partial charge in [0.1, 0.15) is 0 Å². The van der Waals surface area contributed by atoms with E-state index in [0.29, 0.717) is 18.7 Å². The number of nitrogens with zero attached hydrogens (tertiary/aromatic N) is 1. The van der Waals surface area contributed by atoms with Crippen LogP contribution in [0.3, 0.4) is 0 Å². The summed E-state index contributed by atoms with van der Waals surface area (Å²) in [6.07, 6.45) is 2.92. The molecule has 1 heterocycles. The van der Waals surface area contributed by atoms with E-state index in [-0.39, 0.29) is 11.9 Å². The summed E-state index contributed by atoms with van der Waals surface area (Å²) in [6, 6.07) is 23.2. The van der Waals surface area contributed by atoms with Gasteiger partial charge in [-0.05, 0) is 23.3 Å². The predicted octanol–water partition coefficient (Wildman–Crippen LogP) is 3.60. The Kier molecular flexibility index (Phi) is 5.42. The Labute approximate surface area is 147 Å². The molecule has 0 aliphatic rings. The largest absolute Gasteiger partial charge is 0.345 e. The van der Waals surface area contributed by atoms with Crippen molar-refractivity contribution in [1.29, 1.82) is 0 Å². The molecule has 0 fully saturated rings. The first kappa shape index (κ1) is 16.7. The molecule has 0 aliphatic heterocycles. The highest BCUT2D eigenvalue weighted by Gasteiger charge is 2.16. The van der Waals surface area contributed by atoms with Crippen LogP contribution in [0.25, 0.3) is 0 Å². The van der Waals surface area contributed by atoms with E-state index in [2.05, 4.69) is 5.32 Å². The molecule has 4 nitrogen and oxygen atoms in total. The molecule has 0 unspecified atom stereocenters. The van der Waals surface area contributed by atoms with E-state index < -0.39 is 0 Å². The number of benzene rings is 2. The van der Waals surface area contributed by atoms with Gasteiger partial charge in [-0.3, -0.25) is 9.59 Å². The van der Waals surface area contributed by atoms with Crippen LogP contribution in [0, 0.1) is 0 Å². The molecule has 0 bridgehead atoms. The van der Waals surface area contributed by atoms with Gasteiger partial charge in [0, 0.05) is 19.2 Å². The van der Waals surface area contributed by atoms with E-state index in [1.165, 1.54) is 0 Å². The van der Waals surface area contributed by atoms with Gasteiger partial charge < -0.3 is 9.88 Å². The van der Waals surface area contributed by atoms with Gasteiger partial charge in [-0.1, -0.05) is 60.7 Å². The zero-order valence-electron chi connectivity index (χ0n) is 13.8. The fourth-order valence-corrected chi connectivity index (χ4v) is 2.84. The molecule has 0 radical (unpaired) electrons. The standard InChI is InChI=1S/C21H20N2O2/c24-16-19-12-7-14-23(19)15-13-20(25)22-21(17-8-3-1-4-9-17)18-10-5-2-6-11-18/h1-12,14,16,21H,13,15H2,(H,22,25). The Hall–Kier alpha value is -3.14. The average Bonchev–Trinajstić information content (AvgIpc) is 3.13. The number of carbonyl (C=O) groups is 2. The molecule has 0 aliphatic carbocycles. The zero-order valence-corrected chi connectivity index (χ0v) is 13.8. The number of amides is 1. The number of carbonyl (C=O) groups excluding carboxylic acids is 2. The molecule has 3 rings (SSSR count). The topological polar surface area (TPSA) is 51.1 Å². The molecule has 0 saturated heterocycles. The second-order valence-electron chi connectivity index (χ2n) is 5.82. The molecular weight excluding hydrogens is 312 g/mol. The first-order valence-corrected chi connectivity index (χ1v) is 8.27. The molecule has 2 aromatic carbocycles. The van der Waals surface area contributed by atoms with Gasteiger partial charge in [-0.2, -0.15) is 0 Å². The first-order chi connectivity index (χ1) is 12.3. The van der Waals surface area contributed by atoms with Crippen molar-refractivity contribution in [2.24, 2.45) is 0 Å². The predicted molar refractivity (Wildman–Crippen MR) is 97.3 cm³/mol. The fourth-order valence-electron chi connectivity index (χ4n) is 2.84. The van der Waals surface area contributed by atoms with Gasteiger partial charge in [0.05, 0.1) is 11.7 Å². The van der Waals surface area contributed by atoms with Crippen molar-refractivity contribution in [3.05, 3.63) is 95.8 Å². The Bertz CT molecular complexity index is 786. The number of aromatic nitrogens is 1. The van der Waals surface area contributed by atoms with Crippen LogP contribution in [0.4, 0.5) is 0 Å². The van der Waals surface area contributed by atoms with Crippen molar-refractivity contribution in [3.8, 4) is 0 Å². The van der Waals surface area contributed by atoms with Crippen molar-refractivity contribution in [3.63, 3.8) is 0 Å². The van der Waals surface area contributed by atoms with E-state index in [9.17, 15) is 9.59 Å². The highest BCUT2D eigenvalue weighted by molar-refractivity contribution is 5.77. The van der Waals surface area contributed by atoms with Crippen LogP contribution in [-0.2, 0) is 11.3 Å². The van der Waals surface area contributed by atoms with Gasteiger partial charge in [0.15, 0.2) is 6.29 Å². The molecule has 1 aromatic heterocycles. The minimum absolute atomic E-state index is 0.0525. The number of rotatable bonds is 7. The maximum atomic E-state index is 12.5. The van der Waals surface area contributed by atoms with Crippen molar-refractivity contribution in [1.82, 2.24) is 9.88 Å². The third kappa shape index (κ3) is 4.23. The lowest BCUT2D eigenvalue weighted by Gasteiger charge is -2.20. The smallest absolute Gasteiger partial charge is 0.222 e. The minimum Gasteiger partial charge on any atom is -0.345 e. The molecule has 25 heavy (non-hydrogen) atoms. The van der Waals surface area contributed by atoms with Crippen LogP contribution < -0.4 is 5.32 Å². The molecule has 3 aromatic rings. The molecule has 4 heteroatoms. The van der Waals surface area contributed by atoms with Crippen molar-refractivity contribution < 1.29 is 9.59 Å². The van der Waals surface area contributed by atoms with Gasteiger partial charge in [-0.15, -0.1) is 0 Å². The summed E-state index contributed by atoms with van der Waals surface area (Å²) >= 11 is 0. The highest BCUT2D eigenvalue weighted by atomic mass is 16.1. The van der Waals surface area contributed by atoms with E-state index in [1.807, 2.05) is 66.9 Å². The summed E-state index contributed by atoms with van der Waals surface area (Å²) in [5.41, 5.74) is 2.66. The van der Waals surface area contributed by atoms with E-state index in [0.717, 1.165) is 17.4 Å². The average molecular weight is 332 g/mol. The second kappa shape index (κ2) is 8.11. The molecule has 1 amide bonds. The number of hydrogen-bond acceptors (Lipinski definition) is 2. The third-order valence-corrected chi connectivity index (χ3v) is 4.14. The summed E-state index contributed by atoms with van der Waals surface area (Å²) in [4.78, 5) is 23.4. The van der Waals surface area contributed by atoms with Gasteiger partial charge in [0.25, 0.3) is 0 Å². The van der Waals surface area contributed by atoms with E-state index in [1.54, 1.807) is 16.7 Å². The van der Waals surface area contributed by atoms with Crippen molar-refractivity contribution >= 4 is 12.2 Å². The second-order valence-corrected chi connectivity index (χ2v) is 5.82. The summed E-state index contributed by atoms with van der Waals surface area (Å²) in [6.45, 7) is 0.475. The quantitative estimate of drug-likeness (QED) is 0.672. The maximum Gasteiger partial charge on any atom is 0.222 e. The lowest BCUT2D eigenvalue weighted by atomic mass is 9.98. The minimum atomic E-state index is -0.190. The van der Waals surface area contributed by atoms with Crippen LogP contribution in [-0.4, -0.2) is 16.8 Å². The van der Waals surface area contributed by atoms with E-state index in [4.69, 9.17) is 0 Å². The Balaban J connectivity index is 1.72. The number of nitrogens with one attached hydrogen (secondary N) is 1. The Morgan fingerprint density at radius 3 is 2.08 bits per heavy atom. The first-order valence-electron chi connectivity index (χ1n) is 8.27. The third-order valence-electron chi connectivity index (χ3n) is 4.14. The molecule has 1 N–H and O–H groups in total. The molecule has 0 atom stereocenters. The number of hydrogen-bond donors (Lipinski definition) is 1. The highest BCUT2D eigenvalue weighted by Crippen LogP contribution is 2.21. The summed E-state index contributed by atoms with van der Waals surface area (Å²) in [5.74, 6) is -0.0525. The number of aldehydes is 1. The van der Waals surface area contributed by atoms with Gasteiger partial charge >= 0.3 is 0 Å². The molecular formula is C21H20N2O2. The molecule has 126 valence electrons. The lowest BCUT2D eigenvalue weighted by molar-refractivity contribution is -0.121. The van der Waals surface area contributed by atoms with Crippen LogP contribution >= 0.6 is 0 Å². The zero-order chi connectivity index (χ0) is 17.5. The Morgan fingerprint density at radius 1 is 0.920 bits per heavy atom. The summed E-state index contributed by atoms with van der Waals surface area (Å²) < 4.78 is 1.78. The molecule has 0 saturated carbocycles. The SMILES string of the molecule is O=Cc1cccn1CCC(=O)NC(c1ccccc1)c1ccccc1. The monoisotopic (exact) mass is 332 g/mol. The maximum absolute atomic E-state index is 12.5. The van der Waals surface area contributed by atoms with E-state index >= 15 is 0 Å². The normalized spacial score (nSPS) is 10.6. The van der Waals surface area contributed by atoms with Crippen LogP contribution in [0.5, 0.6) is 0 Å². The van der Waals surface area contributed by atoms with Crippen LogP contribution in [0.2, 0.25) is 0 Å². The fraction of sp³-hybridized carbons (Fsp3) is 0.143. The van der Waals surface area contributed by atoms with Crippen LogP contribution in [0.15, 0.2) is 79.0 Å². The summed E-state index contributed by atoms with van der Waals surface area (Å²) in [5, 5.41) is 3.11. The number of aryl methyl sites for hydroxylation is 1. The van der Waals surface area contributed by atoms with Gasteiger partial charge in [-0.25, -0.2) is 0 Å². The van der Waals surface area contributed by atoms with Gasteiger partial charge in [0.2, 0.25) is 5.91 Å². The van der Waals surface area contributed by atoms with Crippen LogP contribution in [0.1, 0.15) is 34.1 Å².